The van der Waals surface area contributed by atoms with E-state index in [1.165, 1.54) is 33.5 Å². The van der Waals surface area contributed by atoms with E-state index < -0.39 is 0 Å². The van der Waals surface area contributed by atoms with Gasteiger partial charge in [0.2, 0.25) is 0 Å². The third kappa shape index (κ3) is 3.64. The molecule has 4 aromatic carbocycles. The lowest BCUT2D eigenvalue weighted by molar-refractivity contribution is 0.286. The maximum Gasteiger partial charge on any atom is 0.126 e. The maximum absolute atomic E-state index is 10.9. The van der Waals surface area contributed by atoms with Crippen LogP contribution in [-0.2, 0) is 13.0 Å². The molecule has 1 unspecified atom stereocenters. The third-order valence-corrected chi connectivity index (χ3v) is 6.95. The Balaban J connectivity index is 1.37. The molecule has 0 saturated heterocycles. The molecule has 0 bridgehead atoms. The van der Waals surface area contributed by atoms with Crippen LogP contribution >= 0.6 is 0 Å². The van der Waals surface area contributed by atoms with Crippen LogP contribution in [-0.4, -0.2) is 18.3 Å². The van der Waals surface area contributed by atoms with Gasteiger partial charge in [0.05, 0.1) is 6.61 Å². The third-order valence-electron chi connectivity index (χ3n) is 6.95. The number of nitrogens with zero attached hydrogens (tertiary/aromatic N) is 1. The van der Waals surface area contributed by atoms with Crippen LogP contribution in [0.3, 0.4) is 0 Å². The number of phenols is 1. The first kappa shape index (κ1) is 19.9. The molecule has 2 heterocycles. The number of ether oxygens (including phenoxy) is 1. The van der Waals surface area contributed by atoms with Crippen molar-refractivity contribution in [1.29, 1.82) is 0 Å². The van der Waals surface area contributed by atoms with Gasteiger partial charge in [-0.15, -0.1) is 0 Å². The van der Waals surface area contributed by atoms with Crippen LogP contribution in [0.25, 0.3) is 11.1 Å². The van der Waals surface area contributed by atoms with E-state index in [0.717, 1.165) is 43.9 Å². The molecule has 6 rings (SSSR count). The lowest BCUT2D eigenvalue weighted by Gasteiger charge is -2.23. The fraction of sp³-hybridized carbons (Fsp3) is 0.200. The molecule has 33 heavy (non-hydrogen) atoms. The van der Waals surface area contributed by atoms with E-state index in [4.69, 9.17) is 4.74 Å². The molecule has 0 radical (unpaired) electrons. The van der Waals surface area contributed by atoms with Crippen molar-refractivity contribution in [2.24, 2.45) is 0 Å². The summed E-state index contributed by atoms with van der Waals surface area (Å²) in [5.74, 6) is 1.31. The van der Waals surface area contributed by atoms with Crippen LogP contribution in [0.2, 0.25) is 0 Å². The average molecular weight is 434 g/mol. The molecule has 164 valence electrons. The van der Waals surface area contributed by atoms with Crippen molar-refractivity contribution in [2.75, 3.05) is 18.1 Å². The van der Waals surface area contributed by atoms with Gasteiger partial charge < -0.3 is 14.7 Å². The summed E-state index contributed by atoms with van der Waals surface area (Å²) in [6.07, 6.45) is 2.03. The number of para-hydroxylation sites is 1. The summed E-state index contributed by atoms with van der Waals surface area (Å²) < 4.78 is 5.78. The Morgan fingerprint density at radius 3 is 2.55 bits per heavy atom. The second-order valence-corrected chi connectivity index (χ2v) is 8.99. The summed E-state index contributed by atoms with van der Waals surface area (Å²) in [5.41, 5.74) is 8.56. The van der Waals surface area contributed by atoms with E-state index in [1.54, 1.807) is 0 Å². The molecule has 0 spiro atoms. The standard InChI is InChI=1S/C30H27NO2/c32-29-18-30-22(12-8-16-33-30)17-26(29)27-20-31(28-15-7-6-14-25(27)28)19-23-11-4-5-13-24(23)21-9-2-1-3-10-21/h1-7,9-11,13-15,17-18,27,32H,8,12,16,19-20H2. The second-order valence-electron chi connectivity index (χ2n) is 8.99. The molecule has 4 aromatic rings. The van der Waals surface area contributed by atoms with E-state index >= 15 is 0 Å². The number of rotatable bonds is 4. The van der Waals surface area contributed by atoms with Gasteiger partial charge in [0.15, 0.2) is 0 Å². The van der Waals surface area contributed by atoms with Crippen molar-refractivity contribution in [3.63, 3.8) is 0 Å². The van der Waals surface area contributed by atoms with E-state index in [1.807, 2.05) is 6.07 Å². The minimum atomic E-state index is 0.136. The zero-order valence-electron chi connectivity index (χ0n) is 18.6. The zero-order valence-corrected chi connectivity index (χ0v) is 18.6. The van der Waals surface area contributed by atoms with Crippen LogP contribution in [0, 0.1) is 0 Å². The molecule has 3 nitrogen and oxygen atoms in total. The van der Waals surface area contributed by atoms with Crippen molar-refractivity contribution in [2.45, 2.75) is 25.3 Å². The topological polar surface area (TPSA) is 32.7 Å². The van der Waals surface area contributed by atoms with Crippen molar-refractivity contribution in [1.82, 2.24) is 0 Å². The monoisotopic (exact) mass is 433 g/mol. The van der Waals surface area contributed by atoms with E-state index in [2.05, 4.69) is 89.8 Å². The summed E-state index contributed by atoms with van der Waals surface area (Å²) in [6.45, 7) is 2.40. The first-order valence-electron chi connectivity index (χ1n) is 11.7. The highest BCUT2D eigenvalue weighted by atomic mass is 16.5. The van der Waals surface area contributed by atoms with Crippen molar-refractivity contribution in [3.8, 4) is 22.6 Å². The molecule has 0 aromatic heterocycles. The SMILES string of the molecule is Oc1cc2c(cc1C1CN(Cc3ccccc3-c3ccccc3)c3ccccc31)CCCO2. The number of aryl methyl sites for hydroxylation is 1. The number of benzene rings is 4. The lowest BCUT2D eigenvalue weighted by Crippen LogP contribution is -2.22. The van der Waals surface area contributed by atoms with E-state index in [0.29, 0.717) is 5.75 Å². The normalized spacial score (nSPS) is 16.7. The smallest absolute Gasteiger partial charge is 0.126 e. The Hall–Kier alpha value is -3.72. The highest BCUT2D eigenvalue weighted by molar-refractivity contribution is 5.70. The number of anilines is 1. The summed E-state index contributed by atoms with van der Waals surface area (Å²) in [6, 6.07) is 31.9. The molecule has 0 saturated carbocycles. The molecule has 0 fully saturated rings. The van der Waals surface area contributed by atoms with Gasteiger partial charge in [0.1, 0.15) is 11.5 Å². The minimum absolute atomic E-state index is 0.136. The van der Waals surface area contributed by atoms with Crippen LogP contribution in [0.4, 0.5) is 5.69 Å². The highest BCUT2D eigenvalue weighted by Gasteiger charge is 2.32. The summed E-state index contributed by atoms with van der Waals surface area (Å²) in [5, 5.41) is 10.9. The fourth-order valence-electron chi connectivity index (χ4n) is 5.35. The second kappa shape index (κ2) is 8.32. The Morgan fingerprint density at radius 1 is 0.848 bits per heavy atom. The lowest BCUT2D eigenvalue weighted by atomic mass is 9.90. The zero-order chi connectivity index (χ0) is 22.2. The first-order valence-corrected chi connectivity index (χ1v) is 11.7. The molecule has 3 heteroatoms. The van der Waals surface area contributed by atoms with Crippen molar-refractivity contribution < 1.29 is 9.84 Å². The number of fused-ring (bicyclic) bond motifs is 2. The van der Waals surface area contributed by atoms with Crippen LogP contribution in [0.1, 0.15) is 34.6 Å². The largest absolute Gasteiger partial charge is 0.508 e. The molecule has 2 aliphatic heterocycles. The molecule has 0 amide bonds. The van der Waals surface area contributed by atoms with Crippen molar-refractivity contribution >= 4 is 5.69 Å². The fourth-order valence-corrected chi connectivity index (χ4v) is 5.35. The Kier molecular flexibility index (Phi) is 5.03. The van der Waals surface area contributed by atoms with Gasteiger partial charge in [-0.25, -0.2) is 0 Å². The van der Waals surface area contributed by atoms with Gasteiger partial charge in [0.25, 0.3) is 0 Å². The Bertz CT molecular complexity index is 1300. The number of hydrogen-bond donors (Lipinski definition) is 1. The molecular formula is C30H27NO2. The molecule has 0 aliphatic carbocycles. The molecule has 2 aliphatic rings. The molecular weight excluding hydrogens is 406 g/mol. The number of phenolic OH excluding ortho intramolecular Hbond substituents is 1. The number of aromatic hydroxyl groups is 1. The number of hydrogen-bond acceptors (Lipinski definition) is 3. The van der Waals surface area contributed by atoms with Crippen LogP contribution in [0.15, 0.2) is 91.0 Å². The maximum atomic E-state index is 10.9. The predicted molar refractivity (Wildman–Crippen MR) is 133 cm³/mol. The quantitative estimate of drug-likeness (QED) is 0.397. The van der Waals surface area contributed by atoms with Crippen LogP contribution in [0.5, 0.6) is 11.5 Å². The average Bonchev–Trinajstić information content (AvgIpc) is 3.23. The first-order chi connectivity index (χ1) is 16.3. The minimum Gasteiger partial charge on any atom is -0.508 e. The van der Waals surface area contributed by atoms with Gasteiger partial charge in [-0.05, 0) is 52.8 Å². The van der Waals surface area contributed by atoms with Gasteiger partial charge in [-0.3, -0.25) is 0 Å². The van der Waals surface area contributed by atoms with Gasteiger partial charge in [-0.1, -0.05) is 72.8 Å². The molecule has 1 N–H and O–H groups in total. The Labute approximate surface area is 194 Å². The summed E-state index contributed by atoms with van der Waals surface area (Å²) in [4.78, 5) is 2.46. The van der Waals surface area contributed by atoms with Crippen molar-refractivity contribution in [3.05, 3.63) is 113 Å². The van der Waals surface area contributed by atoms with Crippen LogP contribution < -0.4 is 9.64 Å². The Morgan fingerprint density at radius 2 is 1.64 bits per heavy atom. The van der Waals surface area contributed by atoms with E-state index in [9.17, 15) is 5.11 Å². The van der Waals surface area contributed by atoms with Gasteiger partial charge in [0, 0.05) is 36.3 Å². The summed E-state index contributed by atoms with van der Waals surface area (Å²) >= 11 is 0. The highest BCUT2D eigenvalue weighted by Crippen LogP contribution is 2.45. The van der Waals surface area contributed by atoms with Gasteiger partial charge in [-0.2, -0.15) is 0 Å². The van der Waals surface area contributed by atoms with E-state index in [-0.39, 0.29) is 5.92 Å². The predicted octanol–water partition coefficient (Wildman–Crippen LogP) is 6.54. The molecule has 1 atom stereocenters. The van der Waals surface area contributed by atoms with Gasteiger partial charge >= 0.3 is 0 Å². The summed E-state index contributed by atoms with van der Waals surface area (Å²) in [7, 11) is 0.